The number of nitrogens with zero attached hydrogens (tertiary/aromatic N) is 2. The molecule has 1 heterocycles. The first-order valence-corrected chi connectivity index (χ1v) is 6.80. The van der Waals surface area contributed by atoms with Crippen LogP contribution in [0.5, 0.6) is 0 Å². The Kier molecular flexibility index (Phi) is 6.27. The fourth-order valence-corrected chi connectivity index (χ4v) is 1.82. The maximum atomic E-state index is 4.38. The van der Waals surface area contributed by atoms with E-state index in [2.05, 4.69) is 49.0 Å². The Bertz CT molecular complexity index is 302. The molecule has 0 aromatic carbocycles. The summed E-state index contributed by atoms with van der Waals surface area (Å²) < 4.78 is 2.06. The number of aromatic nitrogens is 2. The van der Waals surface area contributed by atoms with Gasteiger partial charge in [0.25, 0.3) is 0 Å². The van der Waals surface area contributed by atoms with Crippen LogP contribution in [0.15, 0.2) is 12.4 Å². The first-order valence-electron chi connectivity index (χ1n) is 6.80. The summed E-state index contributed by atoms with van der Waals surface area (Å²) in [4.78, 5) is 0. The Hall–Kier alpha value is -0.830. The molecule has 0 bridgehead atoms. The Labute approximate surface area is 106 Å². The fourth-order valence-electron chi connectivity index (χ4n) is 1.82. The van der Waals surface area contributed by atoms with Crippen LogP contribution in [0.1, 0.15) is 39.7 Å². The minimum atomic E-state index is 0.662. The summed E-state index contributed by atoms with van der Waals surface area (Å²) in [6.45, 7) is 12.2. The summed E-state index contributed by atoms with van der Waals surface area (Å²) in [7, 11) is 0. The lowest BCUT2D eigenvalue weighted by molar-refractivity contribution is 0.482. The lowest BCUT2D eigenvalue weighted by atomic mass is 10.2. The van der Waals surface area contributed by atoms with Crippen molar-refractivity contribution in [3.63, 3.8) is 0 Å². The zero-order chi connectivity index (χ0) is 12.7. The Morgan fingerprint density at radius 1 is 1.24 bits per heavy atom. The normalized spacial score (nSPS) is 11.6. The van der Waals surface area contributed by atoms with Crippen LogP contribution in [0.25, 0.3) is 0 Å². The average molecular weight is 237 g/mol. The molecule has 0 saturated heterocycles. The third-order valence-electron chi connectivity index (χ3n) is 2.61. The molecule has 3 heteroatoms. The summed E-state index contributed by atoms with van der Waals surface area (Å²) in [5.74, 6) is 1.40. The van der Waals surface area contributed by atoms with E-state index in [1.54, 1.807) is 0 Å². The zero-order valence-corrected chi connectivity index (χ0v) is 11.7. The van der Waals surface area contributed by atoms with Gasteiger partial charge < -0.3 is 5.32 Å². The molecule has 0 aliphatic carbocycles. The van der Waals surface area contributed by atoms with Gasteiger partial charge in [-0.05, 0) is 43.3 Å². The van der Waals surface area contributed by atoms with Gasteiger partial charge in [-0.1, -0.05) is 27.7 Å². The van der Waals surface area contributed by atoms with Crippen molar-refractivity contribution in [1.82, 2.24) is 15.1 Å². The second-order valence-electron chi connectivity index (χ2n) is 5.67. The Morgan fingerprint density at radius 2 is 2.00 bits per heavy atom. The van der Waals surface area contributed by atoms with Gasteiger partial charge in [0, 0.05) is 12.7 Å². The quantitative estimate of drug-likeness (QED) is 0.705. The van der Waals surface area contributed by atoms with Crippen LogP contribution < -0.4 is 5.32 Å². The summed E-state index contributed by atoms with van der Waals surface area (Å²) in [5, 5.41) is 7.85. The van der Waals surface area contributed by atoms with E-state index in [9.17, 15) is 0 Å². The molecule has 0 unspecified atom stereocenters. The van der Waals surface area contributed by atoms with E-state index >= 15 is 0 Å². The number of rotatable bonds is 8. The van der Waals surface area contributed by atoms with E-state index in [4.69, 9.17) is 0 Å². The molecule has 1 aromatic heterocycles. The third kappa shape index (κ3) is 6.47. The topological polar surface area (TPSA) is 29.9 Å². The zero-order valence-electron chi connectivity index (χ0n) is 11.7. The van der Waals surface area contributed by atoms with Crippen LogP contribution >= 0.6 is 0 Å². The number of hydrogen-bond acceptors (Lipinski definition) is 2. The van der Waals surface area contributed by atoms with Crippen LogP contribution in [0.2, 0.25) is 0 Å². The van der Waals surface area contributed by atoms with Crippen LogP contribution in [0.4, 0.5) is 0 Å². The van der Waals surface area contributed by atoms with Crippen molar-refractivity contribution in [3.8, 4) is 0 Å². The van der Waals surface area contributed by atoms with Crippen molar-refractivity contribution < 1.29 is 0 Å². The van der Waals surface area contributed by atoms with E-state index in [-0.39, 0.29) is 0 Å². The first kappa shape index (κ1) is 14.2. The second kappa shape index (κ2) is 7.49. The first-order chi connectivity index (χ1) is 8.08. The van der Waals surface area contributed by atoms with Crippen LogP contribution in [-0.2, 0) is 13.0 Å². The molecule has 1 rings (SSSR count). The highest BCUT2D eigenvalue weighted by atomic mass is 15.3. The number of nitrogens with one attached hydrogen (secondary N) is 1. The molecule has 1 aromatic rings. The average Bonchev–Trinajstić information content (AvgIpc) is 2.63. The van der Waals surface area contributed by atoms with Gasteiger partial charge in [-0.3, -0.25) is 4.68 Å². The molecule has 0 radical (unpaired) electrons. The highest BCUT2D eigenvalue weighted by molar-refractivity contribution is 5.03. The second-order valence-corrected chi connectivity index (χ2v) is 5.67. The van der Waals surface area contributed by atoms with Crippen LogP contribution in [-0.4, -0.2) is 22.9 Å². The van der Waals surface area contributed by atoms with Crippen molar-refractivity contribution in [2.24, 2.45) is 11.8 Å². The van der Waals surface area contributed by atoms with Crippen LogP contribution in [0, 0.1) is 11.8 Å². The van der Waals surface area contributed by atoms with E-state index in [0.29, 0.717) is 5.92 Å². The van der Waals surface area contributed by atoms with Crippen molar-refractivity contribution in [2.75, 3.05) is 13.1 Å². The molecule has 0 spiro atoms. The van der Waals surface area contributed by atoms with Gasteiger partial charge in [0.1, 0.15) is 0 Å². The summed E-state index contributed by atoms with van der Waals surface area (Å²) >= 11 is 0. The largest absolute Gasteiger partial charge is 0.316 e. The fraction of sp³-hybridized carbons (Fsp3) is 0.786. The molecule has 0 amide bonds. The number of hydrogen-bond donors (Lipinski definition) is 1. The van der Waals surface area contributed by atoms with E-state index < -0.39 is 0 Å². The van der Waals surface area contributed by atoms with Crippen molar-refractivity contribution in [3.05, 3.63) is 18.0 Å². The van der Waals surface area contributed by atoms with Gasteiger partial charge in [-0.2, -0.15) is 5.10 Å². The summed E-state index contributed by atoms with van der Waals surface area (Å²) in [5.41, 5.74) is 1.36. The van der Waals surface area contributed by atoms with Gasteiger partial charge in [0.15, 0.2) is 0 Å². The van der Waals surface area contributed by atoms with Gasteiger partial charge in [-0.15, -0.1) is 0 Å². The summed E-state index contributed by atoms with van der Waals surface area (Å²) in [6.07, 6.45) is 6.51. The Morgan fingerprint density at radius 3 is 2.65 bits per heavy atom. The molecule has 0 fully saturated rings. The van der Waals surface area contributed by atoms with Gasteiger partial charge in [-0.25, -0.2) is 0 Å². The Balaban J connectivity index is 2.16. The molecule has 98 valence electrons. The molecule has 0 aliphatic heterocycles. The molecular formula is C14H27N3. The van der Waals surface area contributed by atoms with Gasteiger partial charge in [0.05, 0.1) is 6.20 Å². The molecule has 0 saturated carbocycles. The monoisotopic (exact) mass is 237 g/mol. The standard InChI is InChI=1S/C14H27N3/c1-12(2)8-15-7-5-6-14-9-16-17(11-14)10-13(3)4/h9,11-13,15H,5-8,10H2,1-4H3. The predicted molar refractivity (Wildman–Crippen MR) is 73.1 cm³/mol. The molecule has 3 nitrogen and oxygen atoms in total. The highest BCUT2D eigenvalue weighted by Gasteiger charge is 2.01. The molecule has 17 heavy (non-hydrogen) atoms. The van der Waals surface area contributed by atoms with Crippen LogP contribution in [0.3, 0.4) is 0 Å². The highest BCUT2D eigenvalue weighted by Crippen LogP contribution is 2.04. The van der Waals surface area contributed by atoms with Crippen molar-refractivity contribution in [2.45, 2.75) is 47.1 Å². The predicted octanol–water partition coefficient (Wildman–Crippen LogP) is 2.72. The SMILES string of the molecule is CC(C)CNCCCc1cnn(CC(C)C)c1. The molecule has 1 N–H and O–H groups in total. The maximum absolute atomic E-state index is 4.38. The van der Waals surface area contributed by atoms with Gasteiger partial charge >= 0.3 is 0 Å². The van der Waals surface area contributed by atoms with E-state index in [1.165, 1.54) is 12.0 Å². The molecule has 0 aliphatic rings. The van der Waals surface area contributed by atoms with Gasteiger partial charge in [0.2, 0.25) is 0 Å². The third-order valence-corrected chi connectivity index (χ3v) is 2.61. The number of aryl methyl sites for hydroxylation is 1. The smallest absolute Gasteiger partial charge is 0.0521 e. The lowest BCUT2D eigenvalue weighted by Crippen LogP contribution is -2.21. The van der Waals surface area contributed by atoms with E-state index in [0.717, 1.165) is 32.0 Å². The molecule has 0 atom stereocenters. The summed E-state index contributed by atoms with van der Waals surface area (Å²) in [6, 6.07) is 0. The van der Waals surface area contributed by atoms with Crippen molar-refractivity contribution in [1.29, 1.82) is 0 Å². The minimum Gasteiger partial charge on any atom is -0.316 e. The molecular weight excluding hydrogens is 210 g/mol. The van der Waals surface area contributed by atoms with E-state index in [1.807, 2.05) is 6.20 Å². The van der Waals surface area contributed by atoms with Crippen molar-refractivity contribution >= 4 is 0 Å². The minimum absolute atomic E-state index is 0.662. The maximum Gasteiger partial charge on any atom is 0.0521 e. The lowest BCUT2D eigenvalue weighted by Gasteiger charge is -2.06.